The molecule has 24 heavy (non-hydrogen) atoms. The van der Waals surface area contributed by atoms with Crippen LogP contribution in [0.5, 0.6) is 0 Å². The standard InChI is InChI=1S/C15H22N6S.2ClH/c1-9-13(22-8-18-9)3-4-21(2)14-7-12(19-15(17)20-14)10-5-11(16)6-10;;/h7-8,10-11H,3-6,16H2,1-2H3,(H2,17,19,20);2*1H. The largest absolute Gasteiger partial charge is 0.368 e. The van der Waals surface area contributed by atoms with E-state index in [1.165, 1.54) is 4.88 Å². The van der Waals surface area contributed by atoms with Crippen LogP contribution in [0.25, 0.3) is 0 Å². The van der Waals surface area contributed by atoms with Crippen molar-refractivity contribution in [1.29, 1.82) is 0 Å². The minimum Gasteiger partial charge on any atom is -0.368 e. The van der Waals surface area contributed by atoms with Crippen molar-refractivity contribution in [2.24, 2.45) is 5.73 Å². The van der Waals surface area contributed by atoms with E-state index < -0.39 is 0 Å². The summed E-state index contributed by atoms with van der Waals surface area (Å²) >= 11 is 1.70. The van der Waals surface area contributed by atoms with E-state index in [-0.39, 0.29) is 24.8 Å². The maximum atomic E-state index is 5.88. The fourth-order valence-electron chi connectivity index (χ4n) is 2.73. The molecule has 2 aromatic rings. The number of aromatic nitrogens is 3. The van der Waals surface area contributed by atoms with E-state index >= 15 is 0 Å². The molecule has 0 unspecified atom stereocenters. The van der Waals surface area contributed by atoms with Gasteiger partial charge in [0.15, 0.2) is 0 Å². The first kappa shape index (κ1) is 20.9. The van der Waals surface area contributed by atoms with Crippen molar-refractivity contribution in [2.45, 2.75) is 38.1 Å². The third-order valence-corrected chi connectivity index (χ3v) is 5.25. The number of nitrogens with zero attached hydrogens (tertiary/aromatic N) is 4. The Bertz CT molecular complexity index is 659. The van der Waals surface area contributed by atoms with Gasteiger partial charge >= 0.3 is 0 Å². The van der Waals surface area contributed by atoms with E-state index in [0.29, 0.717) is 17.9 Å². The molecular formula is C15H24Cl2N6S. The smallest absolute Gasteiger partial charge is 0.222 e. The number of nitrogens with two attached hydrogens (primary N) is 2. The summed E-state index contributed by atoms with van der Waals surface area (Å²) in [6.45, 7) is 2.93. The number of aryl methyl sites for hydroxylation is 1. The van der Waals surface area contributed by atoms with Crippen molar-refractivity contribution in [3.05, 3.63) is 27.8 Å². The molecular weight excluding hydrogens is 367 g/mol. The van der Waals surface area contributed by atoms with E-state index in [1.54, 1.807) is 11.3 Å². The highest BCUT2D eigenvalue weighted by molar-refractivity contribution is 7.09. The molecule has 0 atom stereocenters. The molecule has 0 aromatic carbocycles. The average Bonchev–Trinajstić information content (AvgIpc) is 2.86. The number of nitrogen functional groups attached to an aromatic ring is 1. The molecule has 6 nitrogen and oxygen atoms in total. The van der Waals surface area contributed by atoms with Gasteiger partial charge in [0, 0.05) is 42.9 Å². The number of likely N-dealkylation sites (N-methyl/N-ethyl adjacent to an activating group) is 1. The van der Waals surface area contributed by atoms with Crippen LogP contribution in [0, 0.1) is 6.92 Å². The molecule has 9 heteroatoms. The van der Waals surface area contributed by atoms with E-state index in [9.17, 15) is 0 Å². The van der Waals surface area contributed by atoms with Crippen LogP contribution in [0.2, 0.25) is 0 Å². The van der Waals surface area contributed by atoms with E-state index in [0.717, 1.165) is 43.0 Å². The minimum atomic E-state index is 0. The van der Waals surface area contributed by atoms with E-state index in [4.69, 9.17) is 11.5 Å². The molecule has 134 valence electrons. The fraction of sp³-hybridized carbons (Fsp3) is 0.533. The van der Waals surface area contributed by atoms with Crippen molar-refractivity contribution in [3.63, 3.8) is 0 Å². The molecule has 1 aliphatic rings. The van der Waals surface area contributed by atoms with Crippen LogP contribution < -0.4 is 16.4 Å². The Kier molecular flexibility index (Phi) is 7.66. The molecule has 2 aromatic heterocycles. The first-order valence-electron chi connectivity index (χ1n) is 7.53. The molecule has 0 saturated heterocycles. The molecule has 1 aliphatic carbocycles. The second-order valence-corrected chi connectivity index (χ2v) is 6.91. The number of hydrogen-bond acceptors (Lipinski definition) is 7. The Balaban J connectivity index is 0.00000144. The molecule has 0 bridgehead atoms. The van der Waals surface area contributed by atoms with Crippen LogP contribution in [0.1, 0.15) is 35.0 Å². The fourth-order valence-corrected chi connectivity index (χ4v) is 3.50. The SMILES string of the molecule is Cc1ncsc1CCN(C)c1cc(C2CC(N)C2)nc(N)n1.Cl.Cl. The zero-order valence-electron chi connectivity index (χ0n) is 13.8. The van der Waals surface area contributed by atoms with Crippen molar-refractivity contribution in [1.82, 2.24) is 15.0 Å². The Hall–Kier alpha value is -1.15. The lowest BCUT2D eigenvalue weighted by molar-refractivity contribution is 0.345. The Labute approximate surface area is 158 Å². The van der Waals surface area contributed by atoms with Crippen LogP contribution in [-0.4, -0.2) is 34.6 Å². The Morgan fingerprint density at radius 2 is 2.00 bits per heavy atom. The van der Waals surface area contributed by atoms with Gasteiger partial charge in [-0.15, -0.1) is 36.2 Å². The van der Waals surface area contributed by atoms with Gasteiger partial charge in [0.25, 0.3) is 0 Å². The van der Waals surface area contributed by atoms with E-state index in [1.807, 2.05) is 25.5 Å². The van der Waals surface area contributed by atoms with Crippen LogP contribution in [-0.2, 0) is 6.42 Å². The molecule has 3 rings (SSSR count). The number of hydrogen-bond donors (Lipinski definition) is 2. The number of rotatable bonds is 5. The van der Waals surface area contributed by atoms with Crippen molar-refractivity contribution in [2.75, 3.05) is 24.2 Å². The van der Waals surface area contributed by atoms with Gasteiger partial charge in [0.2, 0.25) is 5.95 Å². The average molecular weight is 391 g/mol. The molecule has 1 saturated carbocycles. The molecule has 0 radical (unpaired) electrons. The van der Waals surface area contributed by atoms with Crippen molar-refractivity contribution in [3.8, 4) is 0 Å². The number of anilines is 2. The zero-order chi connectivity index (χ0) is 15.7. The Morgan fingerprint density at radius 3 is 2.58 bits per heavy atom. The van der Waals surface area contributed by atoms with Gasteiger partial charge in [-0.05, 0) is 19.8 Å². The summed E-state index contributed by atoms with van der Waals surface area (Å²) < 4.78 is 0. The molecule has 2 heterocycles. The van der Waals surface area contributed by atoms with Gasteiger partial charge in [-0.25, -0.2) is 9.97 Å². The third kappa shape index (κ3) is 4.69. The van der Waals surface area contributed by atoms with E-state index in [2.05, 4.69) is 19.9 Å². The summed E-state index contributed by atoms with van der Waals surface area (Å²) in [5.74, 6) is 1.65. The molecule has 0 amide bonds. The van der Waals surface area contributed by atoms with Crippen molar-refractivity contribution >= 4 is 47.9 Å². The lowest BCUT2D eigenvalue weighted by Gasteiger charge is -2.32. The summed E-state index contributed by atoms with van der Waals surface area (Å²) in [5, 5.41) is 0. The van der Waals surface area contributed by atoms with Gasteiger partial charge < -0.3 is 16.4 Å². The minimum absolute atomic E-state index is 0. The van der Waals surface area contributed by atoms with Gasteiger partial charge in [-0.3, -0.25) is 0 Å². The predicted molar refractivity (Wildman–Crippen MR) is 105 cm³/mol. The van der Waals surface area contributed by atoms with Crippen LogP contribution in [0.15, 0.2) is 11.6 Å². The summed E-state index contributed by atoms with van der Waals surface area (Å²) in [4.78, 5) is 16.5. The predicted octanol–water partition coefficient (Wildman–Crippen LogP) is 2.55. The second kappa shape index (κ2) is 8.80. The summed E-state index contributed by atoms with van der Waals surface area (Å²) in [5.41, 5.74) is 15.8. The normalized spacial score (nSPS) is 19.0. The van der Waals surface area contributed by atoms with Crippen LogP contribution >= 0.6 is 36.2 Å². The number of halogens is 2. The maximum Gasteiger partial charge on any atom is 0.222 e. The van der Waals surface area contributed by atoms with Gasteiger partial charge in [0.05, 0.1) is 16.9 Å². The second-order valence-electron chi connectivity index (χ2n) is 5.97. The highest BCUT2D eigenvalue weighted by Gasteiger charge is 2.29. The quantitative estimate of drug-likeness (QED) is 0.814. The topological polar surface area (TPSA) is 94.0 Å². The molecule has 1 fully saturated rings. The highest BCUT2D eigenvalue weighted by atomic mass is 35.5. The lowest BCUT2D eigenvalue weighted by Crippen LogP contribution is -2.35. The monoisotopic (exact) mass is 390 g/mol. The van der Waals surface area contributed by atoms with Crippen LogP contribution in [0.4, 0.5) is 11.8 Å². The maximum absolute atomic E-state index is 5.88. The number of thiazole rings is 1. The van der Waals surface area contributed by atoms with Gasteiger partial charge in [-0.2, -0.15) is 4.98 Å². The van der Waals surface area contributed by atoms with Crippen LogP contribution in [0.3, 0.4) is 0 Å². The zero-order valence-corrected chi connectivity index (χ0v) is 16.3. The summed E-state index contributed by atoms with van der Waals surface area (Å²) in [6, 6.07) is 2.35. The highest BCUT2D eigenvalue weighted by Crippen LogP contribution is 2.35. The summed E-state index contributed by atoms with van der Waals surface area (Å²) in [7, 11) is 2.04. The third-order valence-electron chi connectivity index (χ3n) is 4.25. The lowest BCUT2D eigenvalue weighted by atomic mass is 9.78. The Morgan fingerprint density at radius 1 is 1.29 bits per heavy atom. The first-order chi connectivity index (χ1) is 10.5. The van der Waals surface area contributed by atoms with Gasteiger partial charge in [-0.1, -0.05) is 0 Å². The van der Waals surface area contributed by atoms with Gasteiger partial charge in [0.1, 0.15) is 5.82 Å². The van der Waals surface area contributed by atoms with Crippen molar-refractivity contribution < 1.29 is 0 Å². The molecule has 0 aliphatic heterocycles. The summed E-state index contributed by atoms with van der Waals surface area (Å²) in [6.07, 6.45) is 2.93. The molecule has 4 N–H and O–H groups in total. The first-order valence-corrected chi connectivity index (χ1v) is 8.41. The molecule has 0 spiro atoms.